The second kappa shape index (κ2) is 10.4. The second-order valence-electron chi connectivity index (χ2n) is 4.92. The van der Waals surface area contributed by atoms with Gasteiger partial charge in [0.1, 0.15) is 6.10 Å². The van der Waals surface area contributed by atoms with E-state index < -0.39 is 0 Å². The molecule has 0 aliphatic rings. The highest BCUT2D eigenvalue weighted by Crippen LogP contribution is 2.12. The van der Waals surface area contributed by atoms with Crippen LogP contribution in [-0.2, 0) is 9.53 Å². The fourth-order valence-electron chi connectivity index (χ4n) is 1.64. The Balaban J connectivity index is 3.61. The van der Waals surface area contributed by atoms with E-state index in [2.05, 4.69) is 13.5 Å². The van der Waals surface area contributed by atoms with E-state index >= 15 is 0 Å². The molecule has 1 unspecified atom stereocenters. The summed E-state index contributed by atoms with van der Waals surface area (Å²) in [7, 11) is 0. The topological polar surface area (TPSA) is 26.3 Å². The molecule has 0 aliphatic carbocycles. The van der Waals surface area contributed by atoms with Crippen molar-refractivity contribution in [2.75, 3.05) is 0 Å². The van der Waals surface area contributed by atoms with Crippen LogP contribution in [0.4, 0.5) is 0 Å². The molecule has 0 aromatic carbocycles. The Morgan fingerprint density at radius 2 is 1.76 bits per heavy atom. The lowest BCUT2D eigenvalue weighted by molar-refractivity contribution is -0.150. The van der Waals surface area contributed by atoms with Crippen molar-refractivity contribution in [3.63, 3.8) is 0 Å². The molecule has 0 saturated carbocycles. The summed E-state index contributed by atoms with van der Waals surface area (Å²) < 4.78 is 5.33. The van der Waals surface area contributed by atoms with Gasteiger partial charge in [-0.25, -0.2) is 0 Å². The fourth-order valence-corrected chi connectivity index (χ4v) is 1.64. The van der Waals surface area contributed by atoms with Gasteiger partial charge in [-0.15, -0.1) is 0 Å². The maximum Gasteiger partial charge on any atom is 0.308 e. The van der Waals surface area contributed by atoms with Crippen molar-refractivity contribution in [3.8, 4) is 0 Å². The number of hydrogen-bond donors (Lipinski definition) is 0. The first-order valence-electron chi connectivity index (χ1n) is 6.94. The lowest BCUT2D eigenvalue weighted by atomic mass is 10.1. The zero-order valence-electron chi connectivity index (χ0n) is 11.7. The van der Waals surface area contributed by atoms with Crippen LogP contribution in [0.3, 0.4) is 0 Å². The maximum absolute atomic E-state index is 11.4. The molecule has 0 amide bonds. The van der Waals surface area contributed by atoms with E-state index in [1.165, 1.54) is 32.1 Å². The molecular formula is C15H28O2. The van der Waals surface area contributed by atoms with Crippen LogP contribution in [0.1, 0.15) is 65.7 Å². The third-order valence-corrected chi connectivity index (χ3v) is 2.84. The van der Waals surface area contributed by atoms with E-state index in [1.807, 2.05) is 13.8 Å². The summed E-state index contributed by atoms with van der Waals surface area (Å²) in [6.45, 7) is 9.65. The summed E-state index contributed by atoms with van der Waals surface area (Å²) in [5.41, 5.74) is 0. The molecule has 0 aromatic rings. The van der Waals surface area contributed by atoms with Crippen molar-refractivity contribution in [3.05, 3.63) is 12.7 Å². The van der Waals surface area contributed by atoms with Crippen LogP contribution in [0.5, 0.6) is 0 Å². The number of esters is 1. The highest BCUT2D eigenvalue weighted by Gasteiger charge is 2.13. The quantitative estimate of drug-likeness (QED) is 0.319. The van der Waals surface area contributed by atoms with Crippen molar-refractivity contribution in [1.29, 1.82) is 0 Å². The predicted octanol–water partition coefficient (Wildman–Crippen LogP) is 4.49. The van der Waals surface area contributed by atoms with Crippen molar-refractivity contribution in [1.82, 2.24) is 0 Å². The first-order chi connectivity index (χ1) is 8.11. The van der Waals surface area contributed by atoms with Gasteiger partial charge >= 0.3 is 5.97 Å². The summed E-state index contributed by atoms with van der Waals surface area (Å²) in [6, 6.07) is 0. The molecule has 2 heteroatoms. The molecule has 0 saturated heterocycles. The van der Waals surface area contributed by atoms with Gasteiger partial charge in [-0.2, -0.15) is 0 Å². The average Bonchev–Trinajstić information content (AvgIpc) is 2.31. The molecule has 0 heterocycles. The molecule has 0 radical (unpaired) electrons. The zero-order chi connectivity index (χ0) is 13.1. The molecule has 0 spiro atoms. The monoisotopic (exact) mass is 240 g/mol. The first kappa shape index (κ1) is 16.2. The minimum absolute atomic E-state index is 0.0537. The highest BCUT2D eigenvalue weighted by atomic mass is 16.5. The van der Waals surface area contributed by atoms with Gasteiger partial charge in [0.2, 0.25) is 0 Å². The van der Waals surface area contributed by atoms with Gasteiger partial charge in [0, 0.05) is 0 Å². The number of carbonyl (C=O) groups is 1. The van der Waals surface area contributed by atoms with E-state index in [0.717, 1.165) is 12.8 Å². The summed E-state index contributed by atoms with van der Waals surface area (Å²) in [6.07, 6.45) is 10.1. The summed E-state index contributed by atoms with van der Waals surface area (Å²) in [5.74, 6) is -0.178. The van der Waals surface area contributed by atoms with E-state index in [-0.39, 0.29) is 18.0 Å². The Morgan fingerprint density at radius 3 is 2.29 bits per heavy atom. The van der Waals surface area contributed by atoms with Crippen LogP contribution in [-0.4, -0.2) is 12.1 Å². The minimum Gasteiger partial charge on any atom is -0.458 e. The molecule has 0 aliphatic heterocycles. The molecule has 100 valence electrons. The third kappa shape index (κ3) is 8.96. The van der Waals surface area contributed by atoms with Gasteiger partial charge in [-0.1, -0.05) is 65.5 Å². The number of unbranched alkanes of at least 4 members (excludes halogenated alkanes) is 5. The van der Waals surface area contributed by atoms with E-state index in [9.17, 15) is 4.79 Å². The average molecular weight is 240 g/mol. The normalized spacial score (nSPS) is 12.5. The number of rotatable bonds is 10. The van der Waals surface area contributed by atoms with E-state index in [4.69, 9.17) is 4.74 Å². The summed E-state index contributed by atoms with van der Waals surface area (Å²) >= 11 is 0. The lowest BCUT2D eigenvalue weighted by Gasteiger charge is -2.15. The van der Waals surface area contributed by atoms with Gasteiger partial charge < -0.3 is 4.74 Å². The summed E-state index contributed by atoms with van der Waals surface area (Å²) in [5, 5.41) is 0. The number of hydrogen-bond acceptors (Lipinski definition) is 2. The molecule has 0 bridgehead atoms. The molecule has 2 nitrogen and oxygen atoms in total. The number of carbonyl (C=O) groups excluding carboxylic acids is 1. The standard InChI is InChI=1S/C15H28O2/c1-5-7-8-9-10-11-12-14(6-2)17-15(16)13(3)4/h6,13-14H,2,5,7-12H2,1,3-4H3. The maximum atomic E-state index is 11.4. The molecule has 0 rings (SSSR count). The van der Waals surface area contributed by atoms with E-state index in [1.54, 1.807) is 6.08 Å². The summed E-state index contributed by atoms with van der Waals surface area (Å²) in [4.78, 5) is 11.4. The van der Waals surface area contributed by atoms with Crippen LogP contribution in [0, 0.1) is 5.92 Å². The van der Waals surface area contributed by atoms with Gasteiger partial charge in [0.15, 0.2) is 0 Å². The van der Waals surface area contributed by atoms with Gasteiger partial charge in [-0.05, 0) is 12.8 Å². The zero-order valence-corrected chi connectivity index (χ0v) is 11.7. The minimum atomic E-state index is -0.124. The van der Waals surface area contributed by atoms with Crippen molar-refractivity contribution >= 4 is 5.97 Å². The van der Waals surface area contributed by atoms with Crippen molar-refractivity contribution in [2.45, 2.75) is 71.8 Å². The second-order valence-corrected chi connectivity index (χ2v) is 4.92. The largest absolute Gasteiger partial charge is 0.458 e. The van der Waals surface area contributed by atoms with Gasteiger partial charge in [0.25, 0.3) is 0 Å². The Kier molecular flexibility index (Phi) is 9.89. The molecular weight excluding hydrogens is 212 g/mol. The Morgan fingerprint density at radius 1 is 1.18 bits per heavy atom. The third-order valence-electron chi connectivity index (χ3n) is 2.84. The Bertz CT molecular complexity index is 209. The smallest absolute Gasteiger partial charge is 0.308 e. The Hall–Kier alpha value is -0.790. The number of ether oxygens (including phenoxy) is 1. The molecule has 0 aromatic heterocycles. The predicted molar refractivity (Wildman–Crippen MR) is 72.9 cm³/mol. The van der Waals surface area contributed by atoms with Crippen molar-refractivity contribution < 1.29 is 9.53 Å². The fraction of sp³-hybridized carbons (Fsp3) is 0.800. The SMILES string of the molecule is C=CC(CCCCCCCC)OC(=O)C(C)C. The highest BCUT2D eigenvalue weighted by molar-refractivity contribution is 5.71. The van der Waals surface area contributed by atoms with Crippen LogP contribution < -0.4 is 0 Å². The molecule has 0 N–H and O–H groups in total. The molecule has 17 heavy (non-hydrogen) atoms. The Labute approximate surface area is 106 Å². The molecule has 0 fully saturated rings. The van der Waals surface area contributed by atoms with Gasteiger partial charge in [-0.3, -0.25) is 4.79 Å². The van der Waals surface area contributed by atoms with Crippen LogP contribution in [0.15, 0.2) is 12.7 Å². The lowest BCUT2D eigenvalue weighted by Crippen LogP contribution is -2.19. The van der Waals surface area contributed by atoms with Crippen molar-refractivity contribution in [2.24, 2.45) is 5.92 Å². The van der Waals surface area contributed by atoms with Gasteiger partial charge in [0.05, 0.1) is 5.92 Å². The molecule has 1 atom stereocenters. The van der Waals surface area contributed by atoms with Crippen LogP contribution in [0.2, 0.25) is 0 Å². The first-order valence-corrected chi connectivity index (χ1v) is 6.94. The van der Waals surface area contributed by atoms with E-state index in [0.29, 0.717) is 0 Å². The van der Waals surface area contributed by atoms with Crippen LogP contribution >= 0.6 is 0 Å². The van der Waals surface area contributed by atoms with Crippen LogP contribution in [0.25, 0.3) is 0 Å².